The van der Waals surface area contributed by atoms with E-state index in [1.54, 1.807) is 14.2 Å². The second-order valence-electron chi connectivity index (χ2n) is 7.34. The Morgan fingerprint density at radius 2 is 2.04 bits per heavy atom. The van der Waals surface area contributed by atoms with Crippen LogP contribution in [0.3, 0.4) is 0 Å². The highest BCUT2D eigenvalue weighted by Gasteiger charge is 2.53. The predicted octanol–water partition coefficient (Wildman–Crippen LogP) is 3.29. The summed E-state index contributed by atoms with van der Waals surface area (Å²) in [5, 5.41) is 3.43. The molecule has 0 unspecified atom stereocenters. The number of methoxy groups -OCH3 is 2. The summed E-state index contributed by atoms with van der Waals surface area (Å²) in [4.78, 5) is 7.14. The van der Waals surface area contributed by atoms with E-state index < -0.39 is 0 Å². The Balaban J connectivity index is 1.69. The van der Waals surface area contributed by atoms with Gasteiger partial charge in [0.2, 0.25) is 0 Å². The zero-order chi connectivity index (χ0) is 17.9. The third-order valence-electron chi connectivity index (χ3n) is 5.48. The van der Waals surface area contributed by atoms with Gasteiger partial charge in [0.25, 0.3) is 0 Å². The largest absolute Gasteiger partial charge is 0.497 e. The van der Waals surface area contributed by atoms with E-state index in [0.717, 1.165) is 48.6 Å². The molecule has 1 N–H and O–H groups in total. The average Bonchev–Trinajstić information content (AvgIpc) is 3.51. The van der Waals surface area contributed by atoms with Gasteiger partial charge in [0, 0.05) is 38.3 Å². The maximum absolute atomic E-state index is 5.53. The number of nitrogens with zero attached hydrogens (tertiary/aromatic N) is 2. The van der Waals surface area contributed by atoms with Crippen molar-refractivity contribution in [2.45, 2.75) is 39.2 Å². The molecule has 0 radical (unpaired) electrons. The zero-order valence-electron chi connectivity index (χ0n) is 16.0. The minimum Gasteiger partial charge on any atom is -0.497 e. The van der Waals surface area contributed by atoms with Gasteiger partial charge in [0.15, 0.2) is 5.96 Å². The smallest absolute Gasteiger partial charge is 0.193 e. The van der Waals surface area contributed by atoms with Gasteiger partial charge in [0.1, 0.15) is 11.5 Å². The molecule has 0 aliphatic heterocycles. The van der Waals surface area contributed by atoms with Crippen molar-refractivity contribution in [3.63, 3.8) is 0 Å². The predicted molar refractivity (Wildman–Crippen MR) is 101 cm³/mol. The van der Waals surface area contributed by atoms with Gasteiger partial charge in [-0.3, -0.25) is 4.99 Å². The first-order valence-electron chi connectivity index (χ1n) is 9.32. The maximum Gasteiger partial charge on any atom is 0.193 e. The van der Waals surface area contributed by atoms with E-state index in [1.807, 2.05) is 12.1 Å². The minimum absolute atomic E-state index is 0.527. The van der Waals surface area contributed by atoms with Crippen LogP contribution in [0.25, 0.3) is 0 Å². The van der Waals surface area contributed by atoms with Gasteiger partial charge in [-0.25, -0.2) is 0 Å². The number of benzene rings is 1. The topological polar surface area (TPSA) is 46.1 Å². The Kier molecular flexibility index (Phi) is 5.40. The van der Waals surface area contributed by atoms with Crippen molar-refractivity contribution < 1.29 is 9.47 Å². The van der Waals surface area contributed by atoms with Gasteiger partial charge in [-0.05, 0) is 56.1 Å². The van der Waals surface area contributed by atoms with E-state index in [-0.39, 0.29) is 0 Å². The third-order valence-corrected chi connectivity index (χ3v) is 5.48. The van der Waals surface area contributed by atoms with Crippen molar-refractivity contribution in [2.24, 2.45) is 16.3 Å². The van der Waals surface area contributed by atoms with E-state index in [2.05, 4.69) is 30.3 Å². The average molecular weight is 345 g/mol. The molecule has 2 aliphatic rings. The van der Waals surface area contributed by atoms with Crippen LogP contribution >= 0.6 is 0 Å². The van der Waals surface area contributed by atoms with Crippen LogP contribution in [-0.2, 0) is 6.54 Å². The quantitative estimate of drug-likeness (QED) is 0.580. The Morgan fingerprint density at radius 3 is 2.60 bits per heavy atom. The number of rotatable bonds is 8. The molecule has 2 saturated carbocycles. The van der Waals surface area contributed by atoms with Crippen molar-refractivity contribution in [2.75, 3.05) is 34.4 Å². The molecule has 0 saturated heterocycles. The van der Waals surface area contributed by atoms with Crippen LogP contribution in [0.15, 0.2) is 23.2 Å². The standard InChI is InChI=1S/C20H31N3O2/c1-5-21-19(22-14-20(10-11-20)16-7-8-16)23(2)13-15-6-9-17(24-3)12-18(15)25-4/h6,9,12,16H,5,7-8,10-11,13-14H2,1-4H3,(H,21,22). The lowest BCUT2D eigenvalue weighted by molar-refractivity contribution is 0.382. The van der Waals surface area contributed by atoms with Crippen LogP contribution in [0.4, 0.5) is 0 Å². The molecule has 25 heavy (non-hydrogen) atoms. The summed E-state index contributed by atoms with van der Waals surface area (Å²) < 4.78 is 10.8. The summed E-state index contributed by atoms with van der Waals surface area (Å²) in [6, 6.07) is 5.96. The fourth-order valence-corrected chi connectivity index (χ4v) is 3.57. The van der Waals surface area contributed by atoms with E-state index >= 15 is 0 Å². The molecule has 0 spiro atoms. The summed E-state index contributed by atoms with van der Waals surface area (Å²) in [6.07, 6.45) is 5.53. The first-order chi connectivity index (χ1) is 12.1. The molecule has 0 amide bonds. The second-order valence-corrected chi connectivity index (χ2v) is 7.34. The molecule has 0 bridgehead atoms. The third kappa shape index (κ3) is 4.20. The number of hydrogen-bond donors (Lipinski definition) is 1. The molecule has 1 aromatic rings. The molecule has 3 rings (SSSR count). The van der Waals surface area contributed by atoms with Crippen LogP contribution in [0.5, 0.6) is 11.5 Å². The number of ether oxygens (including phenoxy) is 2. The lowest BCUT2D eigenvalue weighted by Gasteiger charge is -2.24. The van der Waals surface area contributed by atoms with Crippen LogP contribution in [-0.4, -0.2) is 45.2 Å². The molecule has 0 aromatic heterocycles. The molecule has 138 valence electrons. The van der Waals surface area contributed by atoms with Gasteiger partial charge in [-0.15, -0.1) is 0 Å². The molecule has 5 nitrogen and oxygen atoms in total. The summed E-state index contributed by atoms with van der Waals surface area (Å²) >= 11 is 0. The summed E-state index contributed by atoms with van der Waals surface area (Å²) in [7, 11) is 5.45. The van der Waals surface area contributed by atoms with Crippen LogP contribution < -0.4 is 14.8 Å². The van der Waals surface area contributed by atoms with E-state index in [4.69, 9.17) is 14.5 Å². The van der Waals surface area contributed by atoms with Crippen molar-refractivity contribution >= 4 is 5.96 Å². The van der Waals surface area contributed by atoms with Gasteiger partial charge in [-0.1, -0.05) is 0 Å². The monoisotopic (exact) mass is 345 g/mol. The lowest BCUT2D eigenvalue weighted by atomic mass is 10.0. The van der Waals surface area contributed by atoms with E-state index in [0.29, 0.717) is 5.41 Å². The highest BCUT2D eigenvalue weighted by Crippen LogP contribution is 2.61. The number of nitrogens with one attached hydrogen (secondary N) is 1. The highest BCUT2D eigenvalue weighted by atomic mass is 16.5. The SMILES string of the molecule is CCNC(=NCC1(C2CC2)CC1)N(C)Cc1ccc(OC)cc1OC. The van der Waals surface area contributed by atoms with Gasteiger partial charge in [-0.2, -0.15) is 0 Å². The summed E-state index contributed by atoms with van der Waals surface area (Å²) in [6.45, 7) is 4.70. The molecular formula is C20H31N3O2. The van der Waals surface area contributed by atoms with E-state index in [9.17, 15) is 0 Å². The van der Waals surface area contributed by atoms with Gasteiger partial charge >= 0.3 is 0 Å². The zero-order valence-corrected chi connectivity index (χ0v) is 16.0. The van der Waals surface area contributed by atoms with Crippen molar-refractivity contribution in [3.8, 4) is 11.5 Å². The molecule has 2 fully saturated rings. The number of aliphatic imine (C=N–C) groups is 1. The Morgan fingerprint density at radius 1 is 1.28 bits per heavy atom. The fourth-order valence-electron chi connectivity index (χ4n) is 3.57. The normalized spacial score (nSPS) is 18.6. The van der Waals surface area contributed by atoms with Gasteiger partial charge < -0.3 is 19.7 Å². The first-order valence-corrected chi connectivity index (χ1v) is 9.32. The lowest BCUT2D eigenvalue weighted by Crippen LogP contribution is -2.39. The summed E-state index contributed by atoms with van der Waals surface area (Å²) in [5.74, 6) is 3.57. The molecular weight excluding hydrogens is 314 g/mol. The van der Waals surface area contributed by atoms with E-state index in [1.165, 1.54) is 25.7 Å². The van der Waals surface area contributed by atoms with Crippen molar-refractivity contribution in [1.29, 1.82) is 0 Å². The Hall–Kier alpha value is -1.91. The Bertz CT molecular complexity index is 621. The molecule has 0 atom stereocenters. The maximum atomic E-state index is 5.53. The summed E-state index contributed by atoms with van der Waals surface area (Å²) in [5.41, 5.74) is 1.65. The first kappa shape index (κ1) is 17.9. The number of hydrogen-bond acceptors (Lipinski definition) is 3. The molecule has 1 aromatic carbocycles. The highest BCUT2D eigenvalue weighted by molar-refractivity contribution is 5.79. The van der Waals surface area contributed by atoms with Crippen molar-refractivity contribution in [1.82, 2.24) is 10.2 Å². The fraction of sp³-hybridized carbons (Fsp3) is 0.650. The van der Waals surface area contributed by atoms with Crippen molar-refractivity contribution in [3.05, 3.63) is 23.8 Å². The van der Waals surface area contributed by atoms with Crippen LogP contribution in [0.1, 0.15) is 38.2 Å². The van der Waals surface area contributed by atoms with Crippen LogP contribution in [0, 0.1) is 11.3 Å². The van der Waals surface area contributed by atoms with Gasteiger partial charge in [0.05, 0.1) is 14.2 Å². The second kappa shape index (κ2) is 7.54. The molecule has 2 aliphatic carbocycles. The Labute approximate surface area is 151 Å². The minimum atomic E-state index is 0.527. The molecule has 0 heterocycles. The number of guanidine groups is 1. The van der Waals surface area contributed by atoms with Crippen LogP contribution in [0.2, 0.25) is 0 Å². The molecule has 5 heteroatoms.